The molecule has 0 bridgehead atoms. The number of allylic oxidation sites excluding steroid dienone is 2. The quantitative estimate of drug-likeness (QED) is 0.371. The fourth-order valence-electron chi connectivity index (χ4n) is 3.15. The predicted molar refractivity (Wildman–Crippen MR) is 131 cm³/mol. The summed E-state index contributed by atoms with van der Waals surface area (Å²) in [5, 5.41) is 13.3. The van der Waals surface area contributed by atoms with Crippen LogP contribution >= 0.6 is 0 Å². The summed E-state index contributed by atoms with van der Waals surface area (Å²) >= 11 is 0. The zero-order valence-electron chi connectivity index (χ0n) is 19.8. The average Bonchev–Trinajstić information content (AvgIpc) is 2.90. The standard InChI is InChI=1S/C26H24FN3O7/c1-30(16-15-22(31)23(25(33)34)36-20-5-3-2-4-6-20)24(32)17-7-11-19(12-8-17)28-29-26(35)37-21-13-9-18(27)10-14-21/h2-11,13-14,23H,12,15-16H2,1H3,(H,29,35)(H,33,34). The lowest BCUT2D eigenvalue weighted by atomic mass is 10.0. The minimum Gasteiger partial charge on any atom is -0.478 e. The highest BCUT2D eigenvalue weighted by Crippen LogP contribution is 2.15. The lowest BCUT2D eigenvalue weighted by Gasteiger charge is -2.20. The molecule has 1 atom stereocenters. The van der Waals surface area contributed by atoms with Gasteiger partial charge in [0.1, 0.15) is 17.3 Å². The number of Topliss-reactive ketones (excluding diaryl/α,β-unsaturated/α-hetero) is 1. The van der Waals surface area contributed by atoms with Gasteiger partial charge >= 0.3 is 12.1 Å². The number of carboxylic acid groups (broad SMARTS) is 1. The topological polar surface area (TPSA) is 135 Å². The molecule has 192 valence electrons. The summed E-state index contributed by atoms with van der Waals surface area (Å²) in [7, 11) is 1.49. The molecule has 0 heterocycles. The molecule has 0 aromatic heterocycles. The van der Waals surface area contributed by atoms with Gasteiger partial charge in [-0.2, -0.15) is 5.10 Å². The van der Waals surface area contributed by atoms with Gasteiger partial charge < -0.3 is 19.5 Å². The number of ketones is 1. The third kappa shape index (κ3) is 8.13. The first-order chi connectivity index (χ1) is 17.7. The molecule has 1 unspecified atom stereocenters. The summed E-state index contributed by atoms with van der Waals surface area (Å²) in [6, 6.07) is 13.0. The Hall–Kier alpha value is -4.80. The summed E-state index contributed by atoms with van der Waals surface area (Å²) in [6.45, 7) is -0.0114. The van der Waals surface area contributed by atoms with Gasteiger partial charge in [-0.25, -0.2) is 19.4 Å². The van der Waals surface area contributed by atoms with Crippen LogP contribution in [0.5, 0.6) is 11.5 Å². The van der Waals surface area contributed by atoms with Crippen molar-refractivity contribution in [3.63, 3.8) is 0 Å². The molecule has 3 rings (SSSR count). The first-order valence-electron chi connectivity index (χ1n) is 11.1. The Bertz CT molecular complexity index is 1240. The van der Waals surface area contributed by atoms with Crippen LogP contribution in [0.4, 0.5) is 9.18 Å². The van der Waals surface area contributed by atoms with Crippen LogP contribution in [0.1, 0.15) is 12.8 Å². The molecule has 2 amide bonds. The number of hydrogen-bond donors (Lipinski definition) is 2. The molecular weight excluding hydrogens is 485 g/mol. The van der Waals surface area contributed by atoms with Crippen molar-refractivity contribution in [1.82, 2.24) is 10.3 Å². The molecule has 0 fully saturated rings. The number of likely N-dealkylation sites (N-methyl/N-ethyl adjacent to an activating group) is 1. The van der Waals surface area contributed by atoms with E-state index in [0.717, 1.165) is 12.1 Å². The summed E-state index contributed by atoms with van der Waals surface area (Å²) in [5.41, 5.74) is 3.01. The van der Waals surface area contributed by atoms with E-state index in [1.54, 1.807) is 42.5 Å². The third-order valence-corrected chi connectivity index (χ3v) is 5.10. The van der Waals surface area contributed by atoms with Crippen LogP contribution in [0.15, 0.2) is 83.5 Å². The Balaban J connectivity index is 1.47. The van der Waals surface area contributed by atoms with E-state index in [1.807, 2.05) is 0 Å². The van der Waals surface area contributed by atoms with Crippen molar-refractivity contribution in [3.8, 4) is 11.5 Å². The number of amides is 2. The monoisotopic (exact) mass is 509 g/mol. The van der Waals surface area contributed by atoms with Gasteiger partial charge in [0.15, 0.2) is 5.78 Å². The number of ether oxygens (including phenoxy) is 2. The second-order valence-corrected chi connectivity index (χ2v) is 7.85. The maximum Gasteiger partial charge on any atom is 0.433 e. The van der Waals surface area contributed by atoms with Gasteiger partial charge in [0.2, 0.25) is 0 Å². The summed E-state index contributed by atoms with van der Waals surface area (Å²) in [6.07, 6.45) is 2.14. The molecule has 0 aliphatic heterocycles. The Labute approximate surface area is 211 Å². The molecule has 2 aromatic carbocycles. The van der Waals surface area contributed by atoms with Gasteiger partial charge in [0.05, 0.1) is 5.71 Å². The number of halogens is 1. The van der Waals surface area contributed by atoms with Crippen molar-refractivity contribution in [2.24, 2.45) is 5.10 Å². The highest BCUT2D eigenvalue weighted by atomic mass is 19.1. The van der Waals surface area contributed by atoms with Crippen molar-refractivity contribution in [3.05, 3.63) is 84.2 Å². The van der Waals surface area contributed by atoms with Crippen molar-refractivity contribution in [1.29, 1.82) is 0 Å². The van der Waals surface area contributed by atoms with Crippen LogP contribution in [0.2, 0.25) is 0 Å². The van der Waals surface area contributed by atoms with E-state index < -0.39 is 29.8 Å². The molecule has 0 radical (unpaired) electrons. The number of nitrogens with zero attached hydrogens (tertiary/aromatic N) is 2. The lowest BCUT2D eigenvalue weighted by molar-refractivity contribution is -0.150. The molecule has 37 heavy (non-hydrogen) atoms. The van der Waals surface area contributed by atoms with Gasteiger partial charge in [-0.15, -0.1) is 0 Å². The second kappa shape index (κ2) is 12.8. The molecule has 10 nitrogen and oxygen atoms in total. The number of para-hydroxylation sites is 1. The van der Waals surface area contributed by atoms with E-state index in [-0.39, 0.29) is 36.8 Å². The van der Waals surface area contributed by atoms with E-state index in [9.17, 15) is 28.7 Å². The molecular formula is C26H24FN3O7. The normalized spacial score (nSPS) is 14.3. The molecule has 2 aromatic rings. The highest BCUT2D eigenvalue weighted by Gasteiger charge is 2.28. The third-order valence-electron chi connectivity index (χ3n) is 5.10. The first-order valence-corrected chi connectivity index (χ1v) is 11.1. The number of nitrogens with one attached hydrogen (secondary N) is 1. The summed E-state index contributed by atoms with van der Waals surface area (Å²) in [4.78, 5) is 49.8. The number of carbonyl (C=O) groups excluding carboxylic acids is 3. The van der Waals surface area contributed by atoms with Crippen LogP contribution in [-0.2, 0) is 14.4 Å². The predicted octanol–water partition coefficient (Wildman–Crippen LogP) is 3.11. The number of hydrogen-bond acceptors (Lipinski definition) is 7. The molecule has 0 saturated heterocycles. The molecule has 0 saturated carbocycles. The number of carboxylic acids is 1. The minimum atomic E-state index is -1.68. The Morgan fingerprint density at radius 2 is 1.76 bits per heavy atom. The number of rotatable bonds is 10. The van der Waals surface area contributed by atoms with Crippen LogP contribution in [-0.4, -0.2) is 59.2 Å². The van der Waals surface area contributed by atoms with Gasteiger partial charge in [-0.1, -0.05) is 24.3 Å². The second-order valence-electron chi connectivity index (χ2n) is 7.85. The SMILES string of the molecule is CN(CCC(=O)C(Oc1ccccc1)C(=O)O)C(=O)C1=CCC(=NNC(=O)Oc2ccc(F)cc2)C=C1. The number of carbonyl (C=O) groups is 4. The number of benzene rings is 2. The fraction of sp³-hybridized carbons (Fsp3) is 0.192. The maximum absolute atomic E-state index is 12.9. The summed E-state index contributed by atoms with van der Waals surface area (Å²) < 4.78 is 23.2. The molecule has 1 aliphatic carbocycles. The molecule has 2 N–H and O–H groups in total. The molecule has 0 spiro atoms. The van der Waals surface area contributed by atoms with Gasteiger partial charge in [-0.05, 0) is 48.6 Å². The first kappa shape index (κ1) is 26.8. The van der Waals surface area contributed by atoms with E-state index in [0.29, 0.717) is 11.3 Å². The Kier molecular flexibility index (Phi) is 9.25. The number of hydrazone groups is 1. The lowest BCUT2D eigenvalue weighted by Crippen LogP contribution is -2.38. The van der Waals surface area contributed by atoms with Gasteiger partial charge in [0.25, 0.3) is 12.0 Å². The van der Waals surface area contributed by atoms with E-state index in [1.165, 1.54) is 30.2 Å². The average molecular weight is 509 g/mol. The molecule has 11 heteroatoms. The summed E-state index contributed by atoms with van der Waals surface area (Å²) in [5.74, 6) is -2.52. The van der Waals surface area contributed by atoms with E-state index in [4.69, 9.17) is 9.47 Å². The van der Waals surface area contributed by atoms with Crippen LogP contribution in [0.25, 0.3) is 0 Å². The highest BCUT2D eigenvalue weighted by molar-refractivity contribution is 6.05. The van der Waals surface area contributed by atoms with E-state index in [2.05, 4.69) is 10.5 Å². The Morgan fingerprint density at radius 3 is 2.38 bits per heavy atom. The van der Waals surface area contributed by atoms with E-state index >= 15 is 0 Å². The van der Waals surface area contributed by atoms with Crippen molar-refractivity contribution < 1.29 is 38.1 Å². The zero-order valence-corrected chi connectivity index (χ0v) is 19.8. The van der Waals surface area contributed by atoms with Gasteiger partial charge in [0, 0.05) is 32.0 Å². The van der Waals surface area contributed by atoms with Crippen LogP contribution in [0.3, 0.4) is 0 Å². The van der Waals surface area contributed by atoms with Crippen molar-refractivity contribution in [2.75, 3.05) is 13.6 Å². The van der Waals surface area contributed by atoms with Crippen LogP contribution in [0, 0.1) is 5.82 Å². The Morgan fingerprint density at radius 1 is 1.05 bits per heavy atom. The van der Waals surface area contributed by atoms with Crippen molar-refractivity contribution >= 4 is 29.5 Å². The fourth-order valence-corrected chi connectivity index (χ4v) is 3.15. The number of aliphatic carboxylic acids is 1. The van der Waals surface area contributed by atoms with Crippen LogP contribution < -0.4 is 14.9 Å². The molecule has 1 aliphatic rings. The zero-order chi connectivity index (χ0) is 26.8. The minimum absolute atomic E-state index is 0.0114. The maximum atomic E-state index is 12.9. The van der Waals surface area contributed by atoms with Gasteiger partial charge in [-0.3, -0.25) is 9.59 Å². The largest absolute Gasteiger partial charge is 0.478 e. The van der Waals surface area contributed by atoms with Crippen molar-refractivity contribution in [2.45, 2.75) is 18.9 Å². The smallest absolute Gasteiger partial charge is 0.433 e.